The maximum atomic E-state index is 12.6. The summed E-state index contributed by atoms with van der Waals surface area (Å²) in [6.45, 7) is 4.01. The first-order valence-corrected chi connectivity index (χ1v) is 8.91. The van der Waals surface area contributed by atoms with E-state index in [2.05, 4.69) is 10.6 Å². The third-order valence-electron chi connectivity index (χ3n) is 4.51. The molecular weight excluding hydrogens is 352 g/mol. The number of carbonyl (C=O) groups excluding carboxylic acids is 2. The van der Waals surface area contributed by atoms with Gasteiger partial charge in [-0.05, 0) is 67.4 Å². The van der Waals surface area contributed by atoms with Gasteiger partial charge in [0.05, 0.1) is 12.8 Å². The van der Waals surface area contributed by atoms with Gasteiger partial charge in [0.1, 0.15) is 5.75 Å². The number of benzene rings is 3. The van der Waals surface area contributed by atoms with Crippen LogP contribution in [-0.2, 0) is 0 Å². The molecule has 5 heteroatoms. The van der Waals surface area contributed by atoms with E-state index in [0.29, 0.717) is 22.6 Å². The van der Waals surface area contributed by atoms with Crippen LogP contribution in [0.1, 0.15) is 31.8 Å². The van der Waals surface area contributed by atoms with E-state index in [1.807, 2.05) is 44.2 Å². The highest BCUT2D eigenvalue weighted by molar-refractivity contribution is 6.09. The van der Waals surface area contributed by atoms with Crippen LogP contribution in [0.15, 0.2) is 66.7 Å². The number of para-hydroxylation sites is 2. The maximum Gasteiger partial charge on any atom is 0.255 e. The van der Waals surface area contributed by atoms with Crippen LogP contribution in [0.3, 0.4) is 0 Å². The Hall–Kier alpha value is -3.60. The van der Waals surface area contributed by atoms with Gasteiger partial charge in [-0.1, -0.05) is 24.3 Å². The zero-order valence-corrected chi connectivity index (χ0v) is 16.1. The van der Waals surface area contributed by atoms with Gasteiger partial charge < -0.3 is 15.4 Å². The van der Waals surface area contributed by atoms with Crippen molar-refractivity contribution in [2.24, 2.45) is 0 Å². The molecule has 0 aromatic heterocycles. The van der Waals surface area contributed by atoms with Gasteiger partial charge in [-0.25, -0.2) is 0 Å². The monoisotopic (exact) mass is 374 g/mol. The summed E-state index contributed by atoms with van der Waals surface area (Å²) < 4.78 is 5.25. The van der Waals surface area contributed by atoms with Gasteiger partial charge in [0.15, 0.2) is 0 Å². The highest BCUT2D eigenvalue weighted by atomic mass is 16.5. The second-order valence-corrected chi connectivity index (χ2v) is 6.49. The number of ether oxygens (including phenoxy) is 1. The minimum atomic E-state index is -0.315. The maximum absolute atomic E-state index is 12.6. The second-order valence-electron chi connectivity index (χ2n) is 6.49. The summed E-state index contributed by atoms with van der Waals surface area (Å²) in [7, 11) is 1.54. The number of rotatable bonds is 5. The molecule has 0 aliphatic rings. The average Bonchev–Trinajstić information content (AvgIpc) is 2.71. The van der Waals surface area contributed by atoms with Crippen molar-refractivity contribution >= 4 is 23.2 Å². The van der Waals surface area contributed by atoms with Crippen molar-refractivity contribution in [1.29, 1.82) is 0 Å². The lowest BCUT2D eigenvalue weighted by Gasteiger charge is -2.11. The standard InChI is InChI=1S/C23H22N2O3/c1-15-11-12-19(13-16(15)2)24-22(26)17-7-6-8-18(14-17)23(27)25-20-9-4-5-10-21(20)28-3/h4-14H,1-3H3,(H,24,26)(H,25,27). The van der Waals surface area contributed by atoms with E-state index in [-0.39, 0.29) is 11.8 Å². The van der Waals surface area contributed by atoms with E-state index >= 15 is 0 Å². The normalized spacial score (nSPS) is 10.2. The van der Waals surface area contributed by atoms with Gasteiger partial charge in [-0.15, -0.1) is 0 Å². The Labute approximate surface area is 164 Å². The fraction of sp³-hybridized carbons (Fsp3) is 0.130. The van der Waals surface area contributed by atoms with Crippen molar-refractivity contribution in [2.45, 2.75) is 13.8 Å². The SMILES string of the molecule is COc1ccccc1NC(=O)c1cccc(C(=O)Nc2ccc(C)c(C)c2)c1. The van der Waals surface area contributed by atoms with Gasteiger partial charge in [-0.2, -0.15) is 0 Å². The first-order chi connectivity index (χ1) is 13.5. The highest BCUT2D eigenvalue weighted by Crippen LogP contribution is 2.24. The predicted octanol–water partition coefficient (Wildman–Crippen LogP) is 4.82. The molecule has 3 aromatic rings. The largest absolute Gasteiger partial charge is 0.495 e. The number of hydrogen-bond acceptors (Lipinski definition) is 3. The van der Waals surface area contributed by atoms with Gasteiger partial charge in [-0.3, -0.25) is 9.59 Å². The zero-order valence-electron chi connectivity index (χ0n) is 16.1. The van der Waals surface area contributed by atoms with E-state index in [1.54, 1.807) is 43.5 Å². The summed E-state index contributed by atoms with van der Waals surface area (Å²) in [5.74, 6) is -0.0139. The number of hydrogen-bond donors (Lipinski definition) is 2. The lowest BCUT2D eigenvalue weighted by Crippen LogP contribution is -2.16. The van der Waals surface area contributed by atoms with Crippen LogP contribution in [-0.4, -0.2) is 18.9 Å². The Bertz CT molecular complexity index is 1030. The summed E-state index contributed by atoms with van der Waals surface area (Å²) in [6.07, 6.45) is 0. The van der Waals surface area contributed by atoms with Crippen LogP contribution in [0.2, 0.25) is 0 Å². The van der Waals surface area contributed by atoms with E-state index in [4.69, 9.17) is 4.74 Å². The third kappa shape index (κ3) is 4.38. The van der Waals surface area contributed by atoms with Crippen LogP contribution >= 0.6 is 0 Å². The van der Waals surface area contributed by atoms with Crippen molar-refractivity contribution in [2.75, 3.05) is 17.7 Å². The molecule has 0 atom stereocenters. The minimum Gasteiger partial charge on any atom is -0.495 e. The van der Waals surface area contributed by atoms with Crippen LogP contribution in [0.25, 0.3) is 0 Å². The molecule has 0 heterocycles. The molecule has 0 aliphatic carbocycles. The number of anilines is 2. The van der Waals surface area contributed by atoms with Gasteiger partial charge >= 0.3 is 0 Å². The molecule has 2 N–H and O–H groups in total. The molecule has 0 bridgehead atoms. The molecule has 5 nitrogen and oxygen atoms in total. The van der Waals surface area contributed by atoms with Crippen molar-refractivity contribution in [1.82, 2.24) is 0 Å². The number of amides is 2. The molecule has 3 aromatic carbocycles. The summed E-state index contributed by atoms with van der Waals surface area (Å²) in [6, 6.07) is 19.5. The Balaban J connectivity index is 1.76. The lowest BCUT2D eigenvalue weighted by molar-refractivity contribution is 0.102. The number of nitrogens with one attached hydrogen (secondary N) is 2. The van der Waals surface area contributed by atoms with Crippen LogP contribution in [0.5, 0.6) is 5.75 Å². The molecule has 0 aliphatic heterocycles. The summed E-state index contributed by atoms with van der Waals surface area (Å²) in [5.41, 5.74) is 4.34. The molecule has 3 rings (SSSR count). The first-order valence-electron chi connectivity index (χ1n) is 8.91. The van der Waals surface area contributed by atoms with Crippen molar-refractivity contribution in [3.63, 3.8) is 0 Å². The molecule has 0 spiro atoms. The molecule has 0 fully saturated rings. The summed E-state index contributed by atoms with van der Waals surface area (Å²) >= 11 is 0. The molecule has 0 radical (unpaired) electrons. The number of carbonyl (C=O) groups is 2. The highest BCUT2D eigenvalue weighted by Gasteiger charge is 2.13. The van der Waals surface area contributed by atoms with Gasteiger partial charge in [0.25, 0.3) is 11.8 Å². The average molecular weight is 374 g/mol. The van der Waals surface area contributed by atoms with E-state index in [1.165, 1.54) is 0 Å². The summed E-state index contributed by atoms with van der Waals surface area (Å²) in [4.78, 5) is 25.2. The fourth-order valence-corrected chi connectivity index (χ4v) is 2.77. The first kappa shape index (κ1) is 19.2. The topological polar surface area (TPSA) is 67.4 Å². The van der Waals surface area contributed by atoms with E-state index in [0.717, 1.165) is 16.8 Å². The molecule has 28 heavy (non-hydrogen) atoms. The molecule has 0 unspecified atom stereocenters. The number of methoxy groups -OCH3 is 1. The van der Waals surface area contributed by atoms with Crippen molar-refractivity contribution in [3.05, 3.63) is 89.0 Å². The summed E-state index contributed by atoms with van der Waals surface area (Å²) in [5, 5.41) is 5.68. The second kappa shape index (κ2) is 8.39. The van der Waals surface area contributed by atoms with E-state index in [9.17, 15) is 9.59 Å². The van der Waals surface area contributed by atoms with E-state index < -0.39 is 0 Å². The predicted molar refractivity (Wildman–Crippen MR) is 111 cm³/mol. The zero-order chi connectivity index (χ0) is 20.1. The molecule has 0 saturated heterocycles. The Morgan fingerprint density at radius 1 is 0.750 bits per heavy atom. The van der Waals surface area contributed by atoms with Crippen LogP contribution < -0.4 is 15.4 Å². The Kier molecular flexibility index (Phi) is 5.75. The van der Waals surface area contributed by atoms with Gasteiger partial charge in [0.2, 0.25) is 0 Å². The molecule has 0 saturated carbocycles. The van der Waals surface area contributed by atoms with Crippen molar-refractivity contribution in [3.8, 4) is 5.75 Å². The van der Waals surface area contributed by atoms with Gasteiger partial charge in [0, 0.05) is 16.8 Å². The number of aryl methyl sites for hydroxylation is 2. The van der Waals surface area contributed by atoms with Crippen molar-refractivity contribution < 1.29 is 14.3 Å². The molecular formula is C23H22N2O3. The lowest BCUT2D eigenvalue weighted by atomic mass is 10.1. The van der Waals surface area contributed by atoms with Crippen LogP contribution in [0.4, 0.5) is 11.4 Å². The third-order valence-corrected chi connectivity index (χ3v) is 4.51. The quantitative estimate of drug-likeness (QED) is 0.673. The fourth-order valence-electron chi connectivity index (χ4n) is 2.77. The Morgan fingerprint density at radius 2 is 1.43 bits per heavy atom. The molecule has 2 amide bonds. The minimum absolute atomic E-state index is 0.268. The van der Waals surface area contributed by atoms with Crippen LogP contribution in [0, 0.1) is 13.8 Å². The Morgan fingerprint density at radius 3 is 2.11 bits per heavy atom. The molecule has 142 valence electrons. The smallest absolute Gasteiger partial charge is 0.255 e.